The second kappa shape index (κ2) is 4.51. The van der Waals surface area contributed by atoms with Crippen molar-refractivity contribution in [3.8, 4) is 0 Å². The molecule has 0 saturated heterocycles. The molecular formula is C19H18O3. The fraction of sp³-hybridized carbons (Fsp3) is 0.316. The molecule has 0 aromatic heterocycles. The van der Waals surface area contributed by atoms with E-state index in [0.29, 0.717) is 12.8 Å². The van der Waals surface area contributed by atoms with E-state index in [-0.39, 0.29) is 5.78 Å². The molecule has 2 aliphatic rings. The highest BCUT2D eigenvalue weighted by Gasteiger charge is 2.66. The van der Waals surface area contributed by atoms with E-state index in [1.165, 1.54) is 11.1 Å². The molecule has 0 saturated carbocycles. The SMILES string of the molecule is COC1(OC)c2ccccc2C(=O)C12Cc1ccccc1C2. The summed E-state index contributed by atoms with van der Waals surface area (Å²) in [5, 5.41) is 0. The number of hydrogen-bond acceptors (Lipinski definition) is 3. The predicted octanol–water partition coefficient (Wildman–Crippen LogP) is 3.11. The first kappa shape index (κ1) is 13.7. The first-order valence-corrected chi connectivity index (χ1v) is 7.50. The largest absolute Gasteiger partial charge is 0.348 e. The molecule has 0 amide bonds. The maximum atomic E-state index is 13.3. The minimum atomic E-state index is -1.01. The van der Waals surface area contributed by atoms with E-state index in [4.69, 9.17) is 9.47 Å². The molecule has 2 aliphatic carbocycles. The van der Waals surface area contributed by atoms with E-state index in [9.17, 15) is 4.79 Å². The highest BCUT2D eigenvalue weighted by atomic mass is 16.7. The zero-order chi connectivity index (χ0) is 15.4. The Kier molecular flexibility index (Phi) is 2.80. The maximum absolute atomic E-state index is 13.3. The van der Waals surface area contributed by atoms with Crippen molar-refractivity contribution >= 4 is 5.78 Å². The van der Waals surface area contributed by atoms with Crippen molar-refractivity contribution in [2.24, 2.45) is 5.41 Å². The molecule has 3 nitrogen and oxygen atoms in total. The Hall–Kier alpha value is -1.97. The van der Waals surface area contributed by atoms with Crippen molar-refractivity contribution in [2.45, 2.75) is 18.6 Å². The standard InChI is InChI=1S/C19H18O3/c1-21-19(22-2)16-10-6-5-9-15(16)17(20)18(19)11-13-7-3-4-8-14(13)12-18/h3-10H,11-12H2,1-2H3. The zero-order valence-corrected chi connectivity index (χ0v) is 12.8. The quantitative estimate of drug-likeness (QED) is 0.798. The van der Waals surface area contributed by atoms with Gasteiger partial charge in [-0.05, 0) is 24.0 Å². The van der Waals surface area contributed by atoms with E-state index < -0.39 is 11.2 Å². The molecule has 1 spiro atoms. The lowest BCUT2D eigenvalue weighted by Crippen LogP contribution is -2.49. The van der Waals surface area contributed by atoms with Gasteiger partial charge >= 0.3 is 0 Å². The van der Waals surface area contributed by atoms with Crippen molar-refractivity contribution in [1.82, 2.24) is 0 Å². The van der Waals surface area contributed by atoms with Crippen molar-refractivity contribution < 1.29 is 14.3 Å². The summed E-state index contributed by atoms with van der Waals surface area (Å²) in [4.78, 5) is 13.3. The third-order valence-electron chi connectivity index (χ3n) is 5.27. The molecule has 22 heavy (non-hydrogen) atoms. The second-order valence-corrected chi connectivity index (χ2v) is 6.10. The third-order valence-corrected chi connectivity index (χ3v) is 5.27. The van der Waals surface area contributed by atoms with Gasteiger partial charge in [0.05, 0.1) is 0 Å². The summed E-state index contributed by atoms with van der Waals surface area (Å²) >= 11 is 0. The van der Waals surface area contributed by atoms with Gasteiger partial charge in [-0.2, -0.15) is 0 Å². The van der Waals surface area contributed by atoms with Gasteiger partial charge in [0.25, 0.3) is 0 Å². The first-order chi connectivity index (χ1) is 10.7. The predicted molar refractivity (Wildman–Crippen MR) is 82.8 cm³/mol. The summed E-state index contributed by atoms with van der Waals surface area (Å²) in [5.41, 5.74) is 3.28. The number of methoxy groups -OCH3 is 2. The summed E-state index contributed by atoms with van der Waals surface area (Å²) < 4.78 is 11.7. The average molecular weight is 294 g/mol. The minimum Gasteiger partial charge on any atom is -0.348 e. The van der Waals surface area contributed by atoms with E-state index >= 15 is 0 Å². The number of fused-ring (bicyclic) bond motifs is 2. The minimum absolute atomic E-state index is 0.128. The first-order valence-electron chi connectivity index (χ1n) is 7.50. The van der Waals surface area contributed by atoms with Gasteiger partial charge in [-0.3, -0.25) is 4.79 Å². The van der Waals surface area contributed by atoms with Crippen molar-refractivity contribution in [3.63, 3.8) is 0 Å². The molecular weight excluding hydrogens is 276 g/mol. The van der Waals surface area contributed by atoms with Crippen LogP contribution >= 0.6 is 0 Å². The van der Waals surface area contributed by atoms with E-state index in [2.05, 4.69) is 12.1 Å². The van der Waals surface area contributed by atoms with Gasteiger partial charge in [0.1, 0.15) is 5.41 Å². The van der Waals surface area contributed by atoms with Crippen LogP contribution in [-0.4, -0.2) is 20.0 Å². The van der Waals surface area contributed by atoms with E-state index in [1.807, 2.05) is 36.4 Å². The zero-order valence-electron chi connectivity index (χ0n) is 12.8. The number of rotatable bonds is 2. The Labute approximate surface area is 129 Å². The van der Waals surface area contributed by atoms with Crippen LogP contribution in [0.1, 0.15) is 27.0 Å². The van der Waals surface area contributed by atoms with Crippen molar-refractivity contribution in [2.75, 3.05) is 14.2 Å². The lowest BCUT2D eigenvalue weighted by Gasteiger charge is -2.40. The Morgan fingerprint density at radius 1 is 0.864 bits per heavy atom. The van der Waals surface area contributed by atoms with Crippen LogP contribution in [0, 0.1) is 5.41 Å². The number of carbonyl (C=O) groups excluding carboxylic acids is 1. The van der Waals surface area contributed by atoms with E-state index in [1.54, 1.807) is 14.2 Å². The molecule has 0 fully saturated rings. The monoisotopic (exact) mass is 294 g/mol. The average Bonchev–Trinajstić information content (AvgIpc) is 3.05. The highest BCUT2D eigenvalue weighted by molar-refractivity contribution is 6.07. The van der Waals surface area contributed by atoms with Gasteiger partial charge < -0.3 is 9.47 Å². The van der Waals surface area contributed by atoms with Gasteiger partial charge in [0.15, 0.2) is 5.78 Å². The molecule has 2 aromatic rings. The molecule has 0 heterocycles. The number of ketones is 1. The summed E-state index contributed by atoms with van der Waals surface area (Å²) in [5.74, 6) is -0.886. The van der Waals surface area contributed by atoms with E-state index in [0.717, 1.165) is 11.1 Å². The molecule has 0 radical (unpaired) electrons. The van der Waals surface area contributed by atoms with Crippen LogP contribution < -0.4 is 0 Å². The maximum Gasteiger partial charge on any atom is 0.208 e. The van der Waals surface area contributed by atoms with Gasteiger partial charge in [-0.1, -0.05) is 48.5 Å². The Balaban J connectivity index is 1.96. The Bertz CT molecular complexity index is 734. The molecule has 0 N–H and O–H groups in total. The molecule has 0 aliphatic heterocycles. The van der Waals surface area contributed by atoms with Gasteiger partial charge in [-0.25, -0.2) is 0 Å². The van der Waals surface area contributed by atoms with Gasteiger partial charge in [0, 0.05) is 25.3 Å². The molecule has 4 rings (SSSR count). The van der Waals surface area contributed by atoms with Crippen LogP contribution in [0.4, 0.5) is 0 Å². The number of Topliss-reactive ketones (excluding diaryl/α,β-unsaturated/α-hetero) is 1. The van der Waals surface area contributed by atoms with Crippen LogP contribution in [0.25, 0.3) is 0 Å². The van der Waals surface area contributed by atoms with Crippen LogP contribution in [-0.2, 0) is 28.1 Å². The summed E-state index contributed by atoms with van der Waals surface area (Å²) in [6.07, 6.45) is 1.30. The molecule has 2 aromatic carbocycles. The summed E-state index contributed by atoms with van der Waals surface area (Å²) in [6, 6.07) is 15.9. The molecule has 0 unspecified atom stereocenters. The second-order valence-electron chi connectivity index (χ2n) is 6.10. The van der Waals surface area contributed by atoms with Crippen molar-refractivity contribution in [3.05, 3.63) is 70.8 Å². The van der Waals surface area contributed by atoms with Crippen LogP contribution in [0.5, 0.6) is 0 Å². The van der Waals surface area contributed by atoms with Gasteiger partial charge in [-0.15, -0.1) is 0 Å². The summed E-state index contributed by atoms with van der Waals surface area (Å²) in [6.45, 7) is 0. The van der Waals surface area contributed by atoms with Crippen molar-refractivity contribution in [1.29, 1.82) is 0 Å². The van der Waals surface area contributed by atoms with Crippen LogP contribution in [0.2, 0.25) is 0 Å². The molecule has 112 valence electrons. The Morgan fingerprint density at radius 2 is 1.41 bits per heavy atom. The fourth-order valence-electron chi connectivity index (χ4n) is 4.34. The lowest BCUT2D eigenvalue weighted by atomic mass is 9.76. The molecule has 0 atom stereocenters. The number of carbonyl (C=O) groups is 1. The summed E-state index contributed by atoms with van der Waals surface area (Å²) in [7, 11) is 3.26. The molecule has 3 heteroatoms. The number of ether oxygens (including phenoxy) is 2. The third kappa shape index (κ3) is 1.40. The Morgan fingerprint density at radius 3 is 2.00 bits per heavy atom. The fourth-order valence-corrected chi connectivity index (χ4v) is 4.34. The lowest BCUT2D eigenvalue weighted by molar-refractivity contribution is -0.265. The van der Waals surface area contributed by atoms with Crippen LogP contribution in [0.15, 0.2) is 48.5 Å². The topological polar surface area (TPSA) is 35.5 Å². The smallest absolute Gasteiger partial charge is 0.208 e. The van der Waals surface area contributed by atoms with Gasteiger partial charge in [0.2, 0.25) is 5.79 Å². The highest BCUT2D eigenvalue weighted by Crippen LogP contribution is 2.58. The normalized spacial score (nSPS) is 20.2. The number of benzene rings is 2. The molecule has 0 bridgehead atoms. The van der Waals surface area contributed by atoms with Crippen LogP contribution in [0.3, 0.4) is 0 Å². The number of hydrogen-bond donors (Lipinski definition) is 0.